The molecular weight excluding hydrogens is 210 g/mol. The molecule has 1 rings (SSSR count). The molecule has 1 amide bonds. The highest BCUT2D eigenvalue weighted by Gasteiger charge is 2.28. The van der Waals surface area contributed by atoms with E-state index in [2.05, 4.69) is 5.32 Å². The van der Waals surface area contributed by atoms with E-state index in [1.165, 1.54) is 0 Å². The zero-order valence-electron chi connectivity index (χ0n) is 9.75. The van der Waals surface area contributed by atoms with Gasteiger partial charge in [-0.3, -0.25) is 4.79 Å². The molecule has 0 radical (unpaired) electrons. The van der Waals surface area contributed by atoms with Crippen molar-refractivity contribution in [3.63, 3.8) is 0 Å². The van der Waals surface area contributed by atoms with Crippen LogP contribution in [0.2, 0.25) is 0 Å². The van der Waals surface area contributed by atoms with Crippen molar-refractivity contribution in [2.24, 2.45) is 5.92 Å². The van der Waals surface area contributed by atoms with Crippen LogP contribution in [0.1, 0.15) is 33.6 Å². The molecule has 1 saturated heterocycles. The smallest absolute Gasteiger partial charge is 0.233 e. The molecule has 0 aromatic carbocycles. The minimum absolute atomic E-state index is 0.0819. The van der Waals surface area contributed by atoms with E-state index in [0.29, 0.717) is 6.54 Å². The van der Waals surface area contributed by atoms with E-state index in [0.717, 1.165) is 18.6 Å². The summed E-state index contributed by atoms with van der Waals surface area (Å²) in [6.07, 6.45) is 2.10. The largest absolute Gasteiger partial charge is 0.388 e. The molecule has 1 fully saturated rings. The third-order valence-corrected chi connectivity index (χ3v) is 4.46. The molecule has 2 N–H and O–H groups in total. The van der Waals surface area contributed by atoms with Crippen LogP contribution in [0.3, 0.4) is 0 Å². The van der Waals surface area contributed by atoms with Crippen molar-refractivity contribution in [1.29, 1.82) is 0 Å². The quantitative estimate of drug-likeness (QED) is 0.769. The lowest BCUT2D eigenvalue weighted by Crippen LogP contribution is -2.46. The number of carbonyl (C=O) groups excluding carboxylic acids is 1. The Kier molecular flexibility index (Phi) is 4.46. The molecule has 2 atom stereocenters. The van der Waals surface area contributed by atoms with E-state index in [9.17, 15) is 9.90 Å². The Hall–Kier alpha value is -0.220. The Bertz CT molecular complexity index is 223. The number of thioether (sulfide) groups is 1. The normalized spacial score (nSPS) is 25.3. The molecular formula is C11H21NO2S. The Morgan fingerprint density at radius 1 is 1.67 bits per heavy atom. The molecule has 2 unspecified atom stereocenters. The average Bonchev–Trinajstić information content (AvgIpc) is 2.66. The summed E-state index contributed by atoms with van der Waals surface area (Å²) in [6, 6.07) is 0. The van der Waals surface area contributed by atoms with Gasteiger partial charge < -0.3 is 10.4 Å². The fourth-order valence-corrected chi connectivity index (χ4v) is 2.55. The molecule has 1 aliphatic heterocycles. The van der Waals surface area contributed by atoms with E-state index < -0.39 is 5.60 Å². The van der Waals surface area contributed by atoms with Crippen molar-refractivity contribution in [1.82, 2.24) is 5.32 Å². The summed E-state index contributed by atoms with van der Waals surface area (Å²) < 4.78 is 0. The summed E-state index contributed by atoms with van der Waals surface area (Å²) >= 11 is 1.72. The monoisotopic (exact) mass is 231 g/mol. The minimum Gasteiger partial charge on any atom is -0.388 e. The zero-order valence-corrected chi connectivity index (χ0v) is 10.6. The molecule has 3 nitrogen and oxygen atoms in total. The number of rotatable bonds is 4. The van der Waals surface area contributed by atoms with Gasteiger partial charge in [0.1, 0.15) is 0 Å². The molecule has 88 valence electrons. The summed E-state index contributed by atoms with van der Waals surface area (Å²) in [6.45, 7) is 6.02. The van der Waals surface area contributed by atoms with Crippen LogP contribution in [0.4, 0.5) is 0 Å². The lowest BCUT2D eigenvalue weighted by Gasteiger charge is -2.28. The molecule has 1 aliphatic rings. The van der Waals surface area contributed by atoms with Crippen LogP contribution in [-0.2, 0) is 4.79 Å². The van der Waals surface area contributed by atoms with Gasteiger partial charge in [-0.2, -0.15) is 0 Å². The first-order chi connectivity index (χ1) is 6.93. The maximum atomic E-state index is 11.7. The second kappa shape index (κ2) is 5.21. The Labute approximate surface area is 96.0 Å². The van der Waals surface area contributed by atoms with Crippen molar-refractivity contribution in [2.75, 3.05) is 12.3 Å². The van der Waals surface area contributed by atoms with Crippen molar-refractivity contribution < 1.29 is 9.90 Å². The van der Waals surface area contributed by atoms with Gasteiger partial charge in [-0.1, -0.05) is 13.8 Å². The third kappa shape index (κ3) is 3.68. The molecule has 0 bridgehead atoms. The number of amides is 1. The molecule has 15 heavy (non-hydrogen) atoms. The molecule has 0 spiro atoms. The lowest BCUT2D eigenvalue weighted by molar-refractivity contribution is -0.122. The van der Waals surface area contributed by atoms with E-state index in [1.807, 2.05) is 13.8 Å². The first-order valence-corrected chi connectivity index (χ1v) is 6.60. The Morgan fingerprint density at radius 3 is 2.80 bits per heavy atom. The third-order valence-electron chi connectivity index (χ3n) is 3.09. The molecule has 0 aromatic heterocycles. The van der Waals surface area contributed by atoms with Crippen LogP contribution in [0.5, 0.6) is 0 Å². The fourth-order valence-electron chi connectivity index (χ4n) is 1.37. The zero-order chi connectivity index (χ0) is 11.5. The van der Waals surface area contributed by atoms with Gasteiger partial charge in [-0.15, -0.1) is 11.8 Å². The maximum Gasteiger partial charge on any atom is 0.233 e. The van der Waals surface area contributed by atoms with Gasteiger partial charge in [0.05, 0.1) is 10.9 Å². The number of nitrogens with one attached hydrogen (secondary N) is 1. The second-order valence-corrected chi connectivity index (χ2v) is 6.04. The molecule has 0 aliphatic carbocycles. The maximum absolute atomic E-state index is 11.7. The molecule has 1 heterocycles. The van der Waals surface area contributed by atoms with E-state index >= 15 is 0 Å². The van der Waals surface area contributed by atoms with E-state index in [1.54, 1.807) is 18.7 Å². The van der Waals surface area contributed by atoms with Crippen LogP contribution >= 0.6 is 11.8 Å². The first-order valence-electron chi connectivity index (χ1n) is 5.55. The van der Waals surface area contributed by atoms with Crippen LogP contribution < -0.4 is 5.32 Å². The topological polar surface area (TPSA) is 49.3 Å². The van der Waals surface area contributed by atoms with Crippen LogP contribution in [0, 0.1) is 5.92 Å². The van der Waals surface area contributed by atoms with Crippen molar-refractivity contribution >= 4 is 17.7 Å². The number of aliphatic hydroxyl groups is 1. The Morgan fingerprint density at radius 2 is 2.33 bits per heavy atom. The van der Waals surface area contributed by atoms with Crippen LogP contribution in [-0.4, -0.2) is 34.2 Å². The summed E-state index contributed by atoms with van der Waals surface area (Å²) in [7, 11) is 0. The van der Waals surface area contributed by atoms with Crippen molar-refractivity contribution in [2.45, 2.75) is 44.5 Å². The number of hydrogen-bond donors (Lipinski definition) is 2. The van der Waals surface area contributed by atoms with Gasteiger partial charge in [-0.05, 0) is 31.4 Å². The molecule has 4 heteroatoms. The Balaban J connectivity index is 2.33. The van der Waals surface area contributed by atoms with Crippen molar-refractivity contribution in [3.8, 4) is 0 Å². The molecule has 0 aromatic rings. The van der Waals surface area contributed by atoms with Crippen molar-refractivity contribution in [3.05, 3.63) is 0 Å². The minimum atomic E-state index is -0.807. The summed E-state index contributed by atoms with van der Waals surface area (Å²) in [5, 5.41) is 12.9. The first kappa shape index (κ1) is 12.8. The van der Waals surface area contributed by atoms with Crippen LogP contribution in [0.25, 0.3) is 0 Å². The highest BCUT2D eigenvalue weighted by atomic mass is 32.2. The standard InChI is InChI=1S/C11H21NO2S/c1-8(2)11(3,14)7-12-10(13)9-5-4-6-15-9/h8-9,14H,4-7H2,1-3H3,(H,12,13). The van der Waals surface area contributed by atoms with Crippen LogP contribution in [0.15, 0.2) is 0 Å². The SMILES string of the molecule is CC(C)C(C)(O)CNC(=O)C1CCCS1. The lowest BCUT2D eigenvalue weighted by atomic mass is 9.92. The van der Waals surface area contributed by atoms with Gasteiger partial charge >= 0.3 is 0 Å². The summed E-state index contributed by atoms with van der Waals surface area (Å²) in [5.41, 5.74) is -0.807. The van der Waals surface area contributed by atoms with Gasteiger partial charge in [0, 0.05) is 6.54 Å². The average molecular weight is 231 g/mol. The highest BCUT2D eigenvalue weighted by molar-refractivity contribution is 8.00. The second-order valence-electron chi connectivity index (χ2n) is 4.73. The van der Waals surface area contributed by atoms with Gasteiger partial charge in [0.15, 0.2) is 0 Å². The summed E-state index contributed by atoms with van der Waals surface area (Å²) in [5.74, 6) is 1.31. The highest BCUT2D eigenvalue weighted by Crippen LogP contribution is 2.26. The summed E-state index contributed by atoms with van der Waals surface area (Å²) in [4.78, 5) is 11.7. The van der Waals surface area contributed by atoms with Gasteiger partial charge in [-0.25, -0.2) is 0 Å². The number of carbonyl (C=O) groups is 1. The molecule has 0 saturated carbocycles. The van der Waals surface area contributed by atoms with Gasteiger partial charge in [0.25, 0.3) is 0 Å². The predicted octanol–water partition coefficient (Wildman–Crippen LogP) is 1.41. The van der Waals surface area contributed by atoms with Gasteiger partial charge in [0.2, 0.25) is 5.91 Å². The predicted molar refractivity (Wildman–Crippen MR) is 64.0 cm³/mol. The van der Waals surface area contributed by atoms with E-state index in [-0.39, 0.29) is 17.1 Å². The fraction of sp³-hybridized carbons (Fsp3) is 0.909. The van der Waals surface area contributed by atoms with E-state index in [4.69, 9.17) is 0 Å². The number of hydrogen-bond acceptors (Lipinski definition) is 3.